The smallest absolute Gasteiger partial charge is 0.239 e. The van der Waals surface area contributed by atoms with Gasteiger partial charge in [-0.15, -0.1) is 0 Å². The van der Waals surface area contributed by atoms with Crippen molar-refractivity contribution in [3.05, 3.63) is 0 Å². The number of likely N-dealkylation sites (N-methyl/N-ethyl adjacent to an activating group) is 1. The monoisotopic (exact) mass is 200 g/mol. The van der Waals surface area contributed by atoms with Gasteiger partial charge in [0, 0.05) is 12.6 Å². The number of amides is 1. The lowest BCUT2D eigenvalue weighted by molar-refractivity contribution is -0.134. The largest absolute Gasteiger partial charge is 0.339 e. The van der Waals surface area contributed by atoms with Crippen molar-refractivity contribution >= 4 is 5.91 Å². The van der Waals surface area contributed by atoms with Gasteiger partial charge in [0.2, 0.25) is 5.91 Å². The fraction of sp³-hybridized carbons (Fsp3) is 0.909. The Morgan fingerprint density at radius 3 is 2.29 bits per heavy atom. The van der Waals surface area contributed by atoms with Crippen molar-refractivity contribution in [2.45, 2.75) is 59.0 Å². The topological polar surface area (TPSA) is 46.3 Å². The maximum absolute atomic E-state index is 11.9. The first-order valence-electron chi connectivity index (χ1n) is 5.64. The van der Waals surface area contributed by atoms with E-state index in [-0.39, 0.29) is 11.9 Å². The molecule has 0 rings (SSSR count). The van der Waals surface area contributed by atoms with Gasteiger partial charge < -0.3 is 10.6 Å². The highest BCUT2D eigenvalue weighted by atomic mass is 16.2. The molecule has 1 amide bonds. The summed E-state index contributed by atoms with van der Waals surface area (Å²) < 4.78 is 0. The molecule has 84 valence electrons. The minimum Gasteiger partial charge on any atom is -0.339 e. The van der Waals surface area contributed by atoms with Crippen LogP contribution >= 0.6 is 0 Å². The van der Waals surface area contributed by atoms with Crippen LogP contribution in [0.4, 0.5) is 0 Å². The average molecular weight is 200 g/mol. The van der Waals surface area contributed by atoms with Gasteiger partial charge in [-0.25, -0.2) is 0 Å². The second-order valence-corrected chi connectivity index (χ2v) is 3.78. The lowest BCUT2D eigenvalue weighted by Crippen LogP contribution is -2.47. The molecule has 0 bridgehead atoms. The van der Waals surface area contributed by atoms with Crippen LogP contribution in [-0.2, 0) is 4.79 Å². The van der Waals surface area contributed by atoms with E-state index in [0.29, 0.717) is 6.04 Å². The number of hydrogen-bond donors (Lipinski definition) is 1. The molecule has 0 saturated carbocycles. The normalized spacial score (nSPS) is 14.9. The Hall–Kier alpha value is -0.570. The van der Waals surface area contributed by atoms with Crippen molar-refractivity contribution in [3.63, 3.8) is 0 Å². The zero-order chi connectivity index (χ0) is 11.1. The summed E-state index contributed by atoms with van der Waals surface area (Å²) in [6.45, 7) is 8.96. The van der Waals surface area contributed by atoms with Crippen LogP contribution in [0.15, 0.2) is 0 Å². The Morgan fingerprint density at radius 2 is 1.93 bits per heavy atom. The first-order valence-corrected chi connectivity index (χ1v) is 5.64. The van der Waals surface area contributed by atoms with Crippen molar-refractivity contribution in [2.24, 2.45) is 5.73 Å². The molecule has 0 spiro atoms. The third-order valence-corrected chi connectivity index (χ3v) is 2.66. The van der Waals surface area contributed by atoms with Gasteiger partial charge in [0.15, 0.2) is 0 Å². The van der Waals surface area contributed by atoms with Crippen LogP contribution in [0, 0.1) is 0 Å². The molecule has 3 nitrogen and oxygen atoms in total. The third kappa shape index (κ3) is 3.66. The summed E-state index contributed by atoms with van der Waals surface area (Å²) in [5.74, 6) is 0.101. The van der Waals surface area contributed by atoms with Crippen molar-refractivity contribution in [1.29, 1.82) is 0 Å². The van der Waals surface area contributed by atoms with E-state index in [4.69, 9.17) is 5.73 Å². The number of carbonyl (C=O) groups is 1. The van der Waals surface area contributed by atoms with Gasteiger partial charge in [-0.3, -0.25) is 4.79 Å². The van der Waals surface area contributed by atoms with Crippen LogP contribution in [0.5, 0.6) is 0 Å². The summed E-state index contributed by atoms with van der Waals surface area (Å²) in [7, 11) is 0. The highest BCUT2D eigenvalue weighted by molar-refractivity contribution is 5.81. The maximum Gasteiger partial charge on any atom is 0.239 e. The van der Waals surface area contributed by atoms with E-state index in [9.17, 15) is 4.79 Å². The van der Waals surface area contributed by atoms with Gasteiger partial charge in [0.1, 0.15) is 0 Å². The summed E-state index contributed by atoms with van der Waals surface area (Å²) in [5.41, 5.74) is 5.81. The van der Waals surface area contributed by atoms with Gasteiger partial charge in [0.25, 0.3) is 0 Å². The lowest BCUT2D eigenvalue weighted by atomic mass is 10.1. The summed E-state index contributed by atoms with van der Waals surface area (Å²) >= 11 is 0. The van der Waals surface area contributed by atoms with E-state index < -0.39 is 0 Å². The molecule has 3 heteroatoms. The van der Waals surface area contributed by atoms with Crippen molar-refractivity contribution in [3.8, 4) is 0 Å². The maximum atomic E-state index is 11.9. The number of hydrogen-bond acceptors (Lipinski definition) is 2. The standard InChI is InChI=1S/C11H24N2O/c1-5-8-10(12)11(14)13(7-3)9(4)6-2/h9-10H,5-8,12H2,1-4H3. The molecule has 0 heterocycles. The first-order chi connectivity index (χ1) is 6.58. The van der Waals surface area contributed by atoms with E-state index in [2.05, 4.69) is 13.8 Å². The fourth-order valence-corrected chi connectivity index (χ4v) is 1.55. The first kappa shape index (κ1) is 13.4. The predicted octanol–water partition coefficient (Wildman–Crippen LogP) is 1.76. The van der Waals surface area contributed by atoms with E-state index in [1.165, 1.54) is 0 Å². The summed E-state index contributed by atoms with van der Waals surface area (Å²) in [4.78, 5) is 13.7. The summed E-state index contributed by atoms with van der Waals surface area (Å²) in [6, 6.07) is -0.00986. The summed E-state index contributed by atoms with van der Waals surface area (Å²) in [5, 5.41) is 0. The molecule has 0 aromatic heterocycles. The predicted molar refractivity (Wildman–Crippen MR) is 60.0 cm³/mol. The van der Waals surface area contributed by atoms with Crippen molar-refractivity contribution < 1.29 is 4.79 Å². The molecule has 2 unspecified atom stereocenters. The molecule has 0 fully saturated rings. The Bertz CT molecular complexity index is 171. The number of rotatable bonds is 6. The second kappa shape index (κ2) is 6.82. The molecule has 0 saturated heterocycles. The zero-order valence-corrected chi connectivity index (χ0v) is 9.92. The Kier molecular flexibility index (Phi) is 6.54. The van der Waals surface area contributed by atoms with E-state index in [1.807, 2.05) is 18.7 Å². The highest BCUT2D eigenvalue weighted by Crippen LogP contribution is 2.07. The molecule has 14 heavy (non-hydrogen) atoms. The SMILES string of the molecule is CCCC(N)C(=O)N(CC)C(C)CC. The van der Waals surface area contributed by atoms with Gasteiger partial charge in [-0.05, 0) is 26.7 Å². The molecule has 0 aromatic rings. The molecule has 0 aliphatic rings. The van der Waals surface area contributed by atoms with Crippen molar-refractivity contribution in [2.75, 3.05) is 6.54 Å². The third-order valence-electron chi connectivity index (χ3n) is 2.66. The molecular weight excluding hydrogens is 176 g/mol. The van der Waals surface area contributed by atoms with Crippen LogP contribution in [0.1, 0.15) is 47.0 Å². The molecule has 0 aromatic carbocycles. The quantitative estimate of drug-likeness (QED) is 0.710. The zero-order valence-electron chi connectivity index (χ0n) is 9.92. The number of nitrogens with zero attached hydrogens (tertiary/aromatic N) is 1. The molecule has 2 N–H and O–H groups in total. The Morgan fingerprint density at radius 1 is 1.36 bits per heavy atom. The fourth-order valence-electron chi connectivity index (χ4n) is 1.55. The molecule has 2 atom stereocenters. The average Bonchev–Trinajstić information content (AvgIpc) is 2.18. The Balaban J connectivity index is 4.29. The van der Waals surface area contributed by atoms with Gasteiger partial charge in [0.05, 0.1) is 6.04 Å². The second-order valence-electron chi connectivity index (χ2n) is 3.78. The van der Waals surface area contributed by atoms with Crippen LogP contribution < -0.4 is 5.73 Å². The molecular formula is C11H24N2O. The minimum absolute atomic E-state index is 0.101. The van der Waals surface area contributed by atoms with Crippen LogP contribution in [-0.4, -0.2) is 29.4 Å². The van der Waals surface area contributed by atoms with E-state index in [1.54, 1.807) is 0 Å². The number of nitrogens with two attached hydrogens (primary N) is 1. The van der Waals surface area contributed by atoms with Crippen LogP contribution in [0.25, 0.3) is 0 Å². The molecule has 0 aliphatic heterocycles. The van der Waals surface area contributed by atoms with Gasteiger partial charge in [-0.1, -0.05) is 20.3 Å². The van der Waals surface area contributed by atoms with Crippen LogP contribution in [0.3, 0.4) is 0 Å². The van der Waals surface area contributed by atoms with Crippen molar-refractivity contribution in [1.82, 2.24) is 4.90 Å². The van der Waals surface area contributed by atoms with E-state index in [0.717, 1.165) is 25.8 Å². The lowest BCUT2D eigenvalue weighted by Gasteiger charge is -2.29. The van der Waals surface area contributed by atoms with Gasteiger partial charge >= 0.3 is 0 Å². The highest BCUT2D eigenvalue weighted by Gasteiger charge is 2.22. The summed E-state index contributed by atoms with van der Waals surface area (Å²) in [6.07, 6.45) is 2.73. The van der Waals surface area contributed by atoms with E-state index >= 15 is 0 Å². The molecule has 0 radical (unpaired) electrons. The van der Waals surface area contributed by atoms with Crippen LogP contribution in [0.2, 0.25) is 0 Å². The number of carbonyl (C=O) groups excluding carboxylic acids is 1. The Labute approximate surface area is 87.6 Å². The van der Waals surface area contributed by atoms with Gasteiger partial charge in [-0.2, -0.15) is 0 Å². The molecule has 0 aliphatic carbocycles. The minimum atomic E-state index is -0.311.